The fourth-order valence-electron chi connectivity index (χ4n) is 1.69. The van der Waals surface area contributed by atoms with Crippen molar-refractivity contribution in [3.05, 3.63) is 6.92 Å². The molecule has 0 radical (unpaired) electrons. The van der Waals surface area contributed by atoms with Crippen LogP contribution in [0.5, 0.6) is 0 Å². The number of hydrogen-bond donors (Lipinski definition) is 1. The zero-order valence-corrected chi connectivity index (χ0v) is 11.7. The minimum atomic E-state index is 0. The summed E-state index contributed by atoms with van der Waals surface area (Å²) >= 11 is 0. The molecule has 0 atom stereocenters. The molecule has 4 heteroatoms. The zero-order valence-electron chi connectivity index (χ0n) is 8.78. The van der Waals surface area contributed by atoms with Crippen LogP contribution in [0.15, 0.2) is 0 Å². The van der Waals surface area contributed by atoms with Crippen LogP contribution in [0.3, 0.4) is 0 Å². The first kappa shape index (κ1) is 14.6. The van der Waals surface area contributed by atoms with Gasteiger partial charge >= 0.3 is 0 Å². The number of rotatable bonds is 5. The Balaban J connectivity index is 0.00000169. The van der Waals surface area contributed by atoms with Crippen molar-refractivity contribution in [3.63, 3.8) is 0 Å². The van der Waals surface area contributed by atoms with Crippen molar-refractivity contribution in [2.24, 2.45) is 11.7 Å². The van der Waals surface area contributed by atoms with Crippen molar-refractivity contribution in [2.75, 3.05) is 33.0 Å². The second-order valence-corrected chi connectivity index (χ2v) is 3.67. The van der Waals surface area contributed by atoms with Crippen LogP contribution in [-0.4, -0.2) is 37.9 Å². The molecule has 0 spiro atoms. The molecule has 2 N–H and O–H groups in total. The molecule has 1 aliphatic heterocycles. The van der Waals surface area contributed by atoms with Gasteiger partial charge in [-0.3, -0.25) is 4.90 Å². The summed E-state index contributed by atoms with van der Waals surface area (Å²) in [7, 11) is 0. The van der Waals surface area contributed by atoms with Gasteiger partial charge in [0.2, 0.25) is 0 Å². The summed E-state index contributed by atoms with van der Waals surface area (Å²) in [6.45, 7) is 8.43. The van der Waals surface area contributed by atoms with Crippen molar-refractivity contribution in [1.82, 2.24) is 4.90 Å². The van der Waals surface area contributed by atoms with E-state index >= 15 is 0 Å². The molecule has 1 heterocycles. The Labute approximate surface area is 102 Å². The van der Waals surface area contributed by atoms with Crippen LogP contribution in [0.4, 0.5) is 0 Å². The number of piperidine rings is 1. The second-order valence-electron chi connectivity index (χ2n) is 3.67. The molecule has 0 aromatic heterocycles. The van der Waals surface area contributed by atoms with Crippen molar-refractivity contribution in [2.45, 2.75) is 19.3 Å². The Bertz CT molecular complexity index is 125. The summed E-state index contributed by atoms with van der Waals surface area (Å²) in [4.78, 5) is 2.29. The Hall–Kier alpha value is 0.568. The van der Waals surface area contributed by atoms with Gasteiger partial charge in [0.15, 0.2) is 0 Å². The third-order valence-electron chi connectivity index (χ3n) is 2.61. The topological polar surface area (TPSA) is 38.5 Å². The SMILES string of the molecule is [CH2-]CCOCC1CCN(CN)CC1.[W]. The number of hydrogen-bond acceptors (Lipinski definition) is 3. The number of likely N-dealkylation sites (tertiary alicyclic amines) is 1. The molecule has 0 aromatic carbocycles. The maximum Gasteiger partial charge on any atom is 0.0493 e. The molecule has 1 rings (SSSR count). The van der Waals surface area contributed by atoms with E-state index in [1.807, 2.05) is 0 Å². The molecule has 0 unspecified atom stereocenters. The van der Waals surface area contributed by atoms with Crippen LogP contribution < -0.4 is 5.73 Å². The molecule has 0 saturated carbocycles. The summed E-state index contributed by atoms with van der Waals surface area (Å²) in [6, 6.07) is 0. The summed E-state index contributed by atoms with van der Waals surface area (Å²) in [5.41, 5.74) is 5.56. The second kappa shape index (κ2) is 8.84. The average Bonchev–Trinajstić information content (AvgIpc) is 2.19. The Kier molecular flexibility index (Phi) is 9.20. The van der Waals surface area contributed by atoms with Gasteiger partial charge in [-0.05, 0) is 31.8 Å². The smallest absolute Gasteiger partial charge is 0.0493 e. The summed E-state index contributed by atoms with van der Waals surface area (Å²) in [6.07, 6.45) is 3.34. The molecule has 1 fully saturated rings. The van der Waals surface area contributed by atoms with E-state index < -0.39 is 0 Å². The maximum atomic E-state index is 5.56. The molecular weight excluding hydrogens is 348 g/mol. The van der Waals surface area contributed by atoms with Gasteiger partial charge in [0.1, 0.15) is 0 Å². The van der Waals surface area contributed by atoms with Crippen LogP contribution in [0.1, 0.15) is 19.3 Å². The summed E-state index contributed by atoms with van der Waals surface area (Å²) in [5, 5.41) is 0. The van der Waals surface area contributed by atoms with E-state index in [2.05, 4.69) is 11.8 Å². The van der Waals surface area contributed by atoms with Gasteiger partial charge in [0.25, 0.3) is 0 Å². The maximum absolute atomic E-state index is 5.56. The van der Waals surface area contributed by atoms with E-state index in [1.54, 1.807) is 0 Å². The molecule has 0 aromatic rings. The zero-order chi connectivity index (χ0) is 9.52. The quantitative estimate of drug-likeness (QED) is 0.577. The Morgan fingerprint density at radius 3 is 2.50 bits per heavy atom. The minimum absolute atomic E-state index is 0. The number of ether oxygens (including phenoxy) is 1. The van der Waals surface area contributed by atoms with Gasteiger partial charge in [-0.2, -0.15) is 6.42 Å². The van der Waals surface area contributed by atoms with Crippen LogP contribution >= 0.6 is 0 Å². The van der Waals surface area contributed by atoms with E-state index in [4.69, 9.17) is 10.5 Å². The fourth-order valence-corrected chi connectivity index (χ4v) is 1.69. The van der Waals surface area contributed by atoms with E-state index in [1.165, 1.54) is 12.8 Å². The molecule has 1 saturated heterocycles. The number of nitrogens with two attached hydrogens (primary N) is 1. The van der Waals surface area contributed by atoms with E-state index in [0.717, 1.165) is 38.6 Å². The first-order chi connectivity index (χ1) is 6.36. The molecule has 3 nitrogen and oxygen atoms in total. The molecule has 14 heavy (non-hydrogen) atoms. The van der Waals surface area contributed by atoms with Gasteiger partial charge in [0.05, 0.1) is 0 Å². The molecule has 0 bridgehead atoms. The van der Waals surface area contributed by atoms with Gasteiger partial charge < -0.3 is 17.4 Å². The third-order valence-corrected chi connectivity index (χ3v) is 2.61. The monoisotopic (exact) mass is 369 g/mol. The van der Waals surface area contributed by atoms with Gasteiger partial charge in [0, 0.05) is 40.9 Å². The minimum Gasteiger partial charge on any atom is -0.384 e. The Morgan fingerprint density at radius 1 is 1.36 bits per heavy atom. The average molecular weight is 369 g/mol. The van der Waals surface area contributed by atoms with Crippen molar-refractivity contribution in [3.8, 4) is 0 Å². The predicted octanol–water partition coefficient (Wildman–Crippen LogP) is 0.853. The van der Waals surface area contributed by atoms with E-state index in [-0.39, 0.29) is 21.1 Å². The number of nitrogens with zero attached hydrogens (tertiary/aromatic N) is 1. The first-order valence-electron chi connectivity index (χ1n) is 5.16. The summed E-state index contributed by atoms with van der Waals surface area (Å²) < 4.78 is 5.48. The Morgan fingerprint density at radius 2 is 2.00 bits per heavy atom. The van der Waals surface area contributed by atoms with Gasteiger partial charge in [-0.1, -0.05) is 0 Å². The summed E-state index contributed by atoms with van der Waals surface area (Å²) in [5.74, 6) is 0.745. The van der Waals surface area contributed by atoms with Gasteiger partial charge in [-0.15, -0.1) is 0 Å². The first-order valence-corrected chi connectivity index (χ1v) is 5.16. The molecular formula is C10H21N2OW-. The van der Waals surface area contributed by atoms with Crippen molar-refractivity contribution >= 4 is 0 Å². The van der Waals surface area contributed by atoms with E-state index in [9.17, 15) is 0 Å². The van der Waals surface area contributed by atoms with Crippen molar-refractivity contribution in [1.29, 1.82) is 0 Å². The standard InChI is InChI=1S/C10H21N2O.W/c1-2-7-13-8-10-3-5-12(9-11)6-4-10;/h10H,1-9,11H2;/q-1;. The normalized spacial score (nSPS) is 19.3. The third kappa shape index (κ3) is 5.45. The molecule has 84 valence electrons. The molecule has 1 aliphatic rings. The van der Waals surface area contributed by atoms with Crippen molar-refractivity contribution < 1.29 is 25.8 Å². The predicted molar refractivity (Wildman–Crippen MR) is 54.1 cm³/mol. The van der Waals surface area contributed by atoms with Gasteiger partial charge in [-0.25, -0.2) is 0 Å². The largest absolute Gasteiger partial charge is 0.384 e. The fraction of sp³-hybridized carbons (Fsp3) is 0.900. The molecule has 0 aliphatic carbocycles. The van der Waals surface area contributed by atoms with Crippen LogP contribution in [-0.2, 0) is 25.8 Å². The van der Waals surface area contributed by atoms with Crippen LogP contribution in [0.2, 0.25) is 0 Å². The van der Waals surface area contributed by atoms with Crippen LogP contribution in [0.25, 0.3) is 0 Å². The van der Waals surface area contributed by atoms with Crippen LogP contribution in [0, 0.1) is 12.8 Å². The van der Waals surface area contributed by atoms with E-state index in [0.29, 0.717) is 6.67 Å². The molecule has 0 amide bonds.